The van der Waals surface area contributed by atoms with E-state index in [2.05, 4.69) is 31.0 Å². The molecule has 0 N–H and O–H groups in total. The van der Waals surface area contributed by atoms with Crippen molar-refractivity contribution in [2.24, 2.45) is 4.99 Å². The summed E-state index contributed by atoms with van der Waals surface area (Å²) in [5, 5.41) is 0.153. The highest BCUT2D eigenvalue weighted by Crippen LogP contribution is 2.31. The van der Waals surface area contributed by atoms with E-state index in [-0.39, 0.29) is 17.1 Å². The summed E-state index contributed by atoms with van der Waals surface area (Å²) >= 11 is 1.30. The second-order valence-electron chi connectivity index (χ2n) is 8.21. The van der Waals surface area contributed by atoms with Gasteiger partial charge in [-0.05, 0) is 49.1 Å². The Hall–Kier alpha value is -2.86. The molecule has 0 bridgehead atoms. The van der Waals surface area contributed by atoms with Crippen molar-refractivity contribution in [3.63, 3.8) is 0 Å². The van der Waals surface area contributed by atoms with E-state index in [1.165, 1.54) is 17.3 Å². The second-order valence-corrected chi connectivity index (χ2v) is 9.52. The molecule has 1 atom stereocenters. The summed E-state index contributed by atoms with van der Waals surface area (Å²) in [5.41, 5.74) is 4.38. The van der Waals surface area contributed by atoms with Crippen molar-refractivity contribution < 1.29 is 9.59 Å². The third kappa shape index (κ3) is 5.25. The Balaban J connectivity index is 1.96. The van der Waals surface area contributed by atoms with Crippen molar-refractivity contribution in [1.29, 1.82) is 0 Å². The van der Waals surface area contributed by atoms with Gasteiger partial charge < -0.3 is 4.90 Å². The third-order valence-corrected chi connectivity index (χ3v) is 6.14. The number of thioether (sulfide) groups is 1. The van der Waals surface area contributed by atoms with Crippen LogP contribution in [0, 0.1) is 6.92 Å². The molecule has 2 aromatic carbocycles. The smallest absolute Gasteiger partial charge is 0.283 e. The highest BCUT2D eigenvalue weighted by molar-refractivity contribution is 8.15. The monoisotopic (exact) mass is 435 g/mol. The maximum absolute atomic E-state index is 13.3. The third-order valence-electron chi connectivity index (χ3n) is 5.10. The SMILES string of the molecule is Cc1ccc(N2C(=O)/C(=C/c3ccc(C(C)C)cc3)N=C2SC(C)C(=O)N(C)C)cc1. The highest BCUT2D eigenvalue weighted by atomic mass is 32.2. The number of carbonyl (C=O) groups is 2. The molecule has 0 radical (unpaired) electrons. The molecule has 0 aromatic heterocycles. The maximum Gasteiger partial charge on any atom is 0.283 e. The predicted molar refractivity (Wildman–Crippen MR) is 130 cm³/mol. The number of nitrogens with zero attached hydrogens (tertiary/aromatic N) is 3. The Bertz CT molecular complexity index is 1020. The topological polar surface area (TPSA) is 53.0 Å². The van der Waals surface area contributed by atoms with Crippen LogP contribution in [0.1, 0.15) is 43.4 Å². The van der Waals surface area contributed by atoms with Crippen LogP contribution in [-0.4, -0.2) is 41.2 Å². The van der Waals surface area contributed by atoms with E-state index < -0.39 is 0 Å². The van der Waals surface area contributed by atoms with Crippen LogP contribution in [0.15, 0.2) is 59.2 Å². The molecule has 3 rings (SSSR count). The van der Waals surface area contributed by atoms with Crippen LogP contribution in [0.25, 0.3) is 6.08 Å². The lowest BCUT2D eigenvalue weighted by Crippen LogP contribution is -2.35. The van der Waals surface area contributed by atoms with Gasteiger partial charge in [0.2, 0.25) is 5.91 Å². The van der Waals surface area contributed by atoms with Gasteiger partial charge in [-0.15, -0.1) is 0 Å². The van der Waals surface area contributed by atoms with Crippen LogP contribution in [0.3, 0.4) is 0 Å². The highest BCUT2D eigenvalue weighted by Gasteiger charge is 2.34. The summed E-state index contributed by atoms with van der Waals surface area (Å²) in [6.45, 7) is 8.14. The standard InChI is InChI=1S/C25H29N3O2S/c1-16(2)20-11-9-19(10-12-20)15-22-24(30)28(21-13-7-17(3)8-14-21)25(26-22)31-18(4)23(29)27(5)6/h7-16,18H,1-6H3/b22-15-. The summed E-state index contributed by atoms with van der Waals surface area (Å²) < 4.78 is 0. The number of hydrogen-bond acceptors (Lipinski definition) is 4. The Labute approximate surface area is 188 Å². The van der Waals surface area contributed by atoms with E-state index in [9.17, 15) is 9.59 Å². The molecular weight excluding hydrogens is 406 g/mol. The fourth-order valence-electron chi connectivity index (χ4n) is 3.20. The van der Waals surface area contributed by atoms with E-state index in [1.807, 2.05) is 50.2 Å². The molecule has 1 heterocycles. The molecule has 2 aromatic rings. The van der Waals surface area contributed by atoms with Gasteiger partial charge in [0.15, 0.2) is 5.17 Å². The molecule has 6 heteroatoms. The van der Waals surface area contributed by atoms with Crippen LogP contribution in [0.2, 0.25) is 0 Å². The van der Waals surface area contributed by atoms with Gasteiger partial charge in [0.05, 0.1) is 10.9 Å². The van der Waals surface area contributed by atoms with Crippen LogP contribution in [0.5, 0.6) is 0 Å². The minimum absolute atomic E-state index is 0.0225. The Kier molecular flexibility index (Phi) is 7.01. The van der Waals surface area contributed by atoms with E-state index in [1.54, 1.807) is 30.0 Å². The first-order valence-corrected chi connectivity index (χ1v) is 11.2. The summed E-state index contributed by atoms with van der Waals surface area (Å²) in [5.74, 6) is 0.234. The van der Waals surface area contributed by atoms with Crippen molar-refractivity contribution in [1.82, 2.24) is 4.90 Å². The quantitative estimate of drug-likeness (QED) is 0.616. The molecule has 5 nitrogen and oxygen atoms in total. The van der Waals surface area contributed by atoms with Crippen molar-refractivity contribution in [3.05, 3.63) is 70.9 Å². The number of benzene rings is 2. The van der Waals surface area contributed by atoms with Gasteiger partial charge in [-0.3, -0.25) is 14.5 Å². The van der Waals surface area contributed by atoms with E-state index in [4.69, 9.17) is 0 Å². The molecule has 0 aliphatic carbocycles. The predicted octanol–water partition coefficient (Wildman–Crippen LogP) is 5.07. The lowest BCUT2D eigenvalue weighted by Gasteiger charge is -2.21. The summed E-state index contributed by atoms with van der Waals surface area (Å²) in [6.07, 6.45) is 1.81. The number of amides is 2. The van der Waals surface area contributed by atoms with Gasteiger partial charge >= 0.3 is 0 Å². The number of carbonyl (C=O) groups excluding carboxylic acids is 2. The van der Waals surface area contributed by atoms with Gasteiger partial charge in [0.1, 0.15) is 5.70 Å². The fourth-order valence-corrected chi connectivity index (χ4v) is 4.28. The minimum atomic E-state index is -0.362. The fraction of sp³-hybridized carbons (Fsp3) is 0.320. The van der Waals surface area contributed by atoms with Crippen LogP contribution in [-0.2, 0) is 9.59 Å². The number of amidine groups is 1. The molecule has 0 saturated heterocycles. The van der Waals surface area contributed by atoms with Gasteiger partial charge in [0.25, 0.3) is 5.91 Å². The summed E-state index contributed by atoms with van der Waals surface area (Å²) in [4.78, 5) is 33.5. The normalized spacial score (nSPS) is 16.1. The number of aliphatic imine (C=N–C) groups is 1. The van der Waals surface area contributed by atoms with E-state index >= 15 is 0 Å². The van der Waals surface area contributed by atoms with E-state index in [0.29, 0.717) is 16.8 Å². The van der Waals surface area contributed by atoms with Crippen LogP contribution in [0.4, 0.5) is 5.69 Å². The zero-order valence-corrected chi connectivity index (χ0v) is 19.7. The molecule has 0 spiro atoms. The molecule has 1 aliphatic rings. The average molecular weight is 436 g/mol. The summed E-state index contributed by atoms with van der Waals surface area (Å²) in [7, 11) is 3.45. The first-order chi connectivity index (χ1) is 14.7. The van der Waals surface area contributed by atoms with Gasteiger partial charge in [-0.1, -0.05) is 67.6 Å². The Morgan fingerprint density at radius 1 is 1.03 bits per heavy atom. The average Bonchev–Trinajstić information content (AvgIpc) is 3.03. The molecule has 0 fully saturated rings. The molecule has 2 amide bonds. The number of anilines is 1. The first-order valence-electron chi connectivity index (χ1n) is 10.4. The van der Waals surface area contributed by atoms with Crippen molar-refractivity contribution in [2.45, 2.75) is 38.9 Å². The van der Waals surface area contributed by atoms with Gasteiger partial charge in [-0.2, -0.15) is 0 Å². The lowest BCUT2D eigenvalue weighted by atomic mass is 10.0. The summed E-state index contributed by atoms with van der Waals surface area (Å²) in [6, 6.07) is 15.9. The van der Waals surface area contributed by atoms with Crippen LogP contribution >= 0.6 is 11.8 Å². The number of aryl methyl sites for hydroxylation is 1. The zero-order valence-electron chi connectivity index (χ0n) is 18.9. The maximum atomic E-state index is 13.3. The van der Waals surface area contributed by atoms with Gasteiger partial charge in [-0.25, -0.2) is 4.99 Å². The molecule has 1 unspecified atom stereocenters. The largest absolute Gasteiger partial charge is 0.348 e. The first kappa shape index (κ1) is 22.8. The van der Waals surface area contributed by atoms with Crippen molar-refractivity contribution >= 4 is 40.5 Å². The molecule has 1 aliphatic heterocycles. The Morgan fingerprint density at radius 2 is 1.65 bits per heavy atom. The minimum Gasteiger partial charge on any atom is -0.348 e. The molecule has 0 saturated carbocycles. The molecule has 31 heavy (non-hydrogen) atoms. The zero-order chi connectivity index (χ0) is 22.7. The number of hydrogen-bond donors (Lipinski definition) is 0. The Morgan fingerprint density at radius 3 is 2.19 bits per heavy atom. The molecular formula is C25H29N3O2S. The van der Waals surface area contributed by atoms with Crippen molar-refractivity contribution in [3.8, 4) is 0 Å². The molecule has 162 valence electrons. The van der Waals surface area contributed by atoms with Crippen LogP contribution < -0.4 is 4.90 Å². The second kappa shape index (κ2) is 9.52. The van der Waals surface area contributed by atoms with E-state index in [0.717, 1.165) is 16.8 Å². The number of rotatable bonds is 5. The van der Waals surface area contributed by atoms with Crippen molar-refractivity contribution in [2.75, 3.05) is 19.0 Å². The lowest BCUT2D eigenvalue weighted by molar-refractivity contribution is -0.127. The van der Waals surface area contributed by atoms with Gasteiger partial charge in [0, 0.05) is 14.1 Å².